The second-order valence-corrected chi connectivity index (χ2v) is 2.38. The number of rotatable bonds is 1. The van der Waals surface area contributed by atoms with Crippen LogP contribution < -0.4 is 0 Å². The van der Waals surface area contributed by atoms with Gasteiger partial charge in [-0.1, -0.05) is 0 Å². The number of nitriles is 2. The molecule has 1 rings (SSSR count). The van der Waals surface area contributed by atoms with Crippen LogP contribution in [0.5, 0.6) is 0 Å². The van der Waals surface area contributed by atoms with Crippen LogP contribution in [0.2, 0.25) is 0 Å². The minimum atomic E-state index is 0.298. The van der Waals surface area contributed by atoms with Crippen LogP contribution in [-0.4, -0.2) is 4.98 Å². The average molecular weight is 157 g/mol. The van der Waals surface area contributed by atoms with E-state index in [1.807, 2.05) is 12.1 Å². The molecule has 0 aliphatic heterocycles. The smallest absolute Gasteiger partial charge is 0.101 e. The van der Waals surface area contributed by atoms with Gasteiger partial charge in [-0.2, -0.15) is 10.5 Å². The summed E-state index contributed by atoms with van der Waals surface area (Å²) in [5.74, 6) is 0. The zero-order valence-electron chi connectivity index (χ0n) is 6.70. The van der Waals surface area contributed by atoms with Crippen LogP contribution in [0, 0.1) is 29.6 Å². The van der Waals surface area contributed by atoms with Gasteiger partial charge in [-0.25, -0.2) is 0 Å². The molecule has 1 heterocycles. The fourth-order valence-electron chi connectivity index (χ4n) is 0.911. The first-order valence-corrected chi connectivity index (χ1v) is 3.51. The van der Waals surface area contributed by atoms with Gasteiger partial charge < -0.3 is 0 Å². The second kappa shape index (κ2) is 3.50. The molecule has 12 heavy (non-hydrogen) atoms. The number of aromatic nitrogens is 1. The zero-order chi connectivity index (χ0) is 8.97. The fourth-order valence-corrected chi connectivity index (χ4v) is 0.911. The van der Waals surface area contributed by atoms with E-state index >= 15 is 0 Å². The van der Waals surface area contributed by atoms with Crippen molar-refractivity contribution in [1.29, 1.82) is 10.5 Å². The number of nitrogens with zero attached hydrogens (tertiary/aromatic N) is 3. The minimum Gasteiger partial charge on any atom is -0.256 e. The van der Waals surface area contributed by atoms with Gasteiger partial charge in [0.25, 0.3) is 0 Å². The molecule has 0 aromatic carbocycles. The Balaban J connectivity index is 3.06. The van der Waals surface area contributed by atoms with E-state index in [1.54, 1.807) is 19.1 Å². The molecule has 1 aromatic rings. The Morgan fingerprint density at radius 3 is 2.67 bits per heavy atom. The summed E-state index contributed by atoms with van der Waals surface area (Å²) < 4.78 is 0. The van der Waals surface area contributed by atoms with Crippen molar-refractivity contribution in [2.24, 2.45) is 0 Å². The fraction of sp³-hybridized carbons (Fsp3) is 0.222. The third-order valence-electron chi connectivity index (χ3n) is 1.52. The predicted molar refractivity (Wildman–Crippen MR) is 43.0 cm³/mol. The summed E-state index contributed by atoms with van der Waals surface area (Å²) in [7, 11) is 0. The van der Waals surface area contributed by atoms with Crippen molar-refractivity contribution in [3.63, 3.8) is 0 Å². The van der Waals surface area contributed by atoms with E-state index in [4.69, 9.17) is 10.5 Å². The van der Waals surface area contributed by atoms with E-state index < -0.39 is 0 Å². The maximum atomic E-state index is 8.58. The molecule has 0 fully saturated rings. The Kier molecular flexibility index (Phi) is 2.40. The van der Waals surface area contributed by atoms with Crippen LogP contribution in [0.4, 0.5) is 0 Å². The molecule has 0 radical (unpaired) electrons. The largest absolute Gasteiger partial charge is 0.256 e. The molecule has 3 heteroatoms. The first kappa shape index (κ1) is 8.23. The molecule has 58 valence electrons. The van der Waals surface area contributed by atoms with Crippen molar-refractivity contribution < 1.29 is 0 Å². The van der Waals surface area contributed by atoms with Gasteiger partial charge in [0.1, 0.15) is 6.07 Å². The molecule has 0 amide bonds. The number of pyridine rings is 1. The summed E-state index contributed by atoms with van der Waals surface area (Å²) in [4.78, 5) is 4.09. The molecule has 0 bridgehead atoms. The standard InChI is InChI=1S/C9H7N3/c1-7-8(6-11)2-3-9(12-7)4-5-10/h2-3H,4H2,1H3. The summed E-state index contributed by atoms with van der Waals surface area (Å²) in [5, 5.41) is 17.0. The number of hydrogen-bond donors (Lipinski definition) is 0. The van der Waals surface area contributed by atoms with Crippen molar-refractivity contribution in [3.05, 3.63) is 29.1 Å². The molecule has 0 N–H and O–H groups in total. The Labute approximate surface area is 70.9 Å². The van der Waals surface area contributed by atoms with Crippen molar-refractivity contribution in [1.82, 2.24) is 4.98 Å². The lowest BCUT2D eigenvalue weighted by atomic mass is 10.2. The lowest BCUT2D eigenvalue weighted by Gasteiger charge is -1.97. The lowest BCUT2D eigenvalue weighted by Crippen LogP contribution is -1.93. The van der Waals surface area contributed by atoms with Crippen LogP contribution >= 0.6 is 0 Å². The monoisotopic (exact) mass is 157 g/mol. The van der Waals surface area contributed by atoms with Crippen molar-refractivity contribution in [3.8, 4) is 12.1 Å². The third-order valence-corrected chi connectivity index (χ3v) is 1.52. The average Bonchev–Trinajstić information content (AvgIpc) is 2.05. The normalized spacial score (nSPS) is 8.58. The topological polar surface area (TPSA) is 60.5 Å². The SMILES string of the molecule is Cc1nc(CC#N)ccc1C#N. The van der Waals surface area contributed by atoms with Gasteiger partial charge >= 0.3 is 0 Å². The summed E-state index contributed by atoms with van der Waals surface area (Å²) in [6.45, 7) is 1.76. The van der Waals surface area contributed by atoms with Crippen molar-refractivity contribution in [2.45, 2.75) is 13.3 Å². The van der Waals surface area contributed by atoms with Crippen LogP contribution in [0.15, 0.2) is 12.1 Å². The van der Waals surface area contributed by atoms with Gasteiger partial charge in [0.15, 0.2) is 0 Å². The highest BCUT2D eigenvalue weighted by atomic mass is 14.7. The molecule has 0 unspecified atom stereocenters. The van der Waals surface area contributed by atoms with Gasteiger partial charge in [0.2, 0.25) is 0 Å². The first-order valence-electron chi connectivity index (χ1n) is 3.51. The lowest BCUT2D eigenvalue weighted by molar-refractivity contribution is 1.06. The molecule has 0 aliphatic carbocycles. The Bertz CT molecular complexity index is 368. The maximum absolute atomic E-state index is 8.58. The van der Waals surface area contributed by atoms with Crippen LogP contribution in [0.3, 0.4) is 0 Å². The van der Waals surface area contributed by atoms with Gasteiger partial charge in [-0.05, 0) is 19.1 Å². The Morgan fingerprint density at radius 1 is 1.42 bits per heavy atom. The van der Waals surface area contributed by atoms with Gasteiger partial charge in [-0.15, -0.1) is 0 Å². The summed E-state index contributed by atoms with van der Waals surface area (Å²) in [5.41, 5.74) is 1.97. The molecule has 0 aliphatic rings. The van der Waals surface area contributed by atoms with E-state index in [1.165, 1.54) is 0 Å². The molecule has 0 saturated carbocycles. The quantitative estimate of drug-likeness (QED) is 0.617. The summed E-state index contributed by atoms with van der Waals surface area (Å²) in [6, 6.07) is 7.42. The number of hydrogen-bond acceptors (Lipinski definition) is 3. The van der Waals surface area contributed by atoms with Crippen LogP contribution in [0.1, 0.15) is 17.0 Å². The Morgan fingerprint density at radius 2 is 2.17 bits per heavy atom. The summed E-state index contributed by atoms with van der Waals surface area (Å²) in [6.07, 6.45) is 0.298. The van der Waals surface area contributed by atoms with Crippen LogP contribution in [0.25, 0.3) is 0 Å². The summed E-state index contributed by atoms with van der Waals surface area (Å²) >= 11 is 0. The van der Waals surface area contributed by atoms with Gasteiger partial charge in [0, 0.05) is 0 Å². The highest BCUT2D eigenvalue weighted by Crippen LogP contribution is 2.05. The molecule has 0 saturated heterocycles. The van der Waals surface area contributed by atoms with E-state index in [2.05, 4.69) is 4.98 Å². The van der Waals surface area contributed by atoms with Crippen LogP contribution in [-0.2, 0) is 6.42 Å². The van der Waals surface area contributed by atoms with E-state index in [0.29, 0.717) is 23.4 Å². The molecular formula is C9H7N3. The third kappa shape index (κ3) is 1.59. The molecule has 0 atom stereocenters. The number of aryl methyl sites for hydroxylation is 1. The highest BCUT2D eigenvalue weighted by Gasteiger charge is 1.99. The molecule has 0 spiro atoms. The zero-order valence-corrected chi connectivity index (χ0v) is 6.70. The van der Waals surface area contributed by atoms with Crippen molar-refractivity contribution >= 4 is 0 Å². The molecule has 1 aromatic heterocycles. The van der Waals surface area contributed by atoms with E-state index in [-0.39, 0.29) is 0 Å². The minimum absolute atomic E-state index is 0.298. The Hall–Kier alpha value is -1.87. The second-order valence-electron chi connectivity index (χ2n) is 2.38. The van der Waals surface area contributed by atoms with Gasteiger partial charge in [0.05, 0.1) is 29.4 Å². The molecule has 3 nitrogen and oxygen atoms in total. The molecular weight excluding hydrogens is 150 g/mol. The first-order chi connectivity index (χ1) is 5.77. The van der Waals surface area contributed by atoms with Crippen molar-refractivity contribution in [2.75, 3.05) is 0 Å². The highest BCUT2D eigenvalue weighted by molar-refractivity contribution is 5.33. The maximum Gasteiger partial charge on any atom is 0.101 e. The predicted octanol–water partition coefficient (Wildman–Crippen LogP) is 1.33. The van der Waals surface area contributed by atoms with Gasteiger partial charge in [-0.3, -0.25) is 4.98 Å². The van der Waals surface area contributed by atoms with E-state index in [9.17, 15) is 0 Å². The van der Waals surface area contributed by atoms with E-state index in [0.717, 1.165) is 0 Å².